The van der Waals surface area contributed by atoms with E-state index in [4.69, 9.17) is 10.3 Å². The Morgan fingerprint density at radius 2 is 2.15 bits per heavy atom. The van der Waals surface area contributed by atoms with Gasteiger partial charge in [-0.1, -0.05) is 5.11 Å². The first-order valence-corrected chi connectivity index (χ1v) is 5.68. The highest BCUT2D eigenvalue weighted by molar-refractivity contribution is 5.89. The van der Waals surface area contributed by atoms with Crippen molar-refractivity contribution in [3.8, 4) is 5.75 Å². The molecule has 0 bridgehead atoms. The van der Waals surface area contributed by atoms with Gasteiger partial charge >= 0.3 is 5.97 Å². The number of ether oxygens (including phenoxy) is 2. The minimum Gasteiger partial charge on any atom is -0.496 e. The van der Waals surface area contributed by atoms with E-state index in [1.165, 1.54) is 32.4 Å². The van der Waals surface area contributed by atoms with Gasteiger partial charge in [0.2, 0.25) is 0 Å². The van der Waals surface area contributed by atoms with Crippen LogP contribution in [0.15, 0.2) is 23.3 Å². The summed E-state index contributed by atoms with van der Waals surface area (Å²) in [6.45, 7) is -0.302. The Bertz CT molecular complexity index is 528. The van der Waals surface area contributed by atoms with Crippen LogP contribution in [0.2, 0.25) is 0 Å². The van der Waals surface area contributed by atoms with Crippen molar-refractivity contribution in [2.75, 3.05) is 20.8 Å². The zero-order chi connectivity index (χ0) is 15.1. The second-order valence-corrected chi connectivity index (χ2v) is 3.87. The predicted molar refractivity (Wildman–Crippen MR) is 69.3 cm³/mol. The van der Waals surface area contributed by atoms with Gasteiger partial charge in [-0.25, -0.2) is 4.79 Å². The van der Waals surface area contributed by atoms with Crippen molar-refractivity contribution in [3.05, 3.63) is 39.8 Å². The summed E-state index contributed by atoms with van der Waals surface area (Å²) in [4.78, 5) is 14.0. The Morgan fingerprint density at radius 1 is 1.45 bits per heavy atom. The molecule has 108 valence electrons. The minimum absolute atomic E-state index is 0.205. The molecule has 0 amide bonds. The van der Waals surface area contributed by atoms with Gasteiger partial charge in [0.05, 0.1) is 32.4 Å². The number of esters is 1. The van der Waals surface area contributed by atoms with Gasteiger partial charge < -0.3 is 19.7 Å². The standard InChI is InChI=1S/C12H15N3O5/c1-19-10-4-3-7(12(18)20-2)5-8(10)11(17)9(16)6-14-15-13/h3-5,9,11,16-17H,6H2,1-2H3. The molecule has 0 aromatic heterocycles. The SMILES string of the molecule is COC(=O)c1ccc(OC)c(C(O)C(O)CN=[N+]=[N-])c1. The third kappa shape index (κ3) is 3.61. The molecule has 2 atom stereocenters. The molecule has 8 nitrogen and oxygen atoms in total. The van der Waals surface area contributed by atoms with E-state index < -0.39 is 18.2 Å². The lowest BCUT2D eigenvalue weighted by atomic mass is 10.0. The number of aliphatic hydroxyl groups is 2. The average molecular weight is 281 g/mol. The van der Waals surface area contributed by atoms with E-state index in [1.807, 2.05) is 0 Å². The Morgan fingerprint density at radius 3 is 2.70 bits per heavy atom. The van der Waals surface area contributed by atoms with Crippen LogP contribution in [0, 0.1) is 0 Å². The number of carbonyl (C=O) groups is 1. The van der Waals surface area contributed by atoms with Crippen LogP contribution in [-0.2, 0) is 4.74 Å². The van der Waals surface area contributed by atoms with E-state index in [-0.39, 0.29) is 17.7 Å². The van der Waals surface area contributed by atoms with Crippen LogP contribution in [0.4, 0.5) is 0 Å². The Kier molecular flexibility index (Phi) is 5.79. The average Bonchev–Trinajstić information content (AvgIpc) is 2.50. The molecule has 1 rings (SSSR count). The van der Waals surface area contributed by atoms with E-state index in [1.54, 1.807) is 0 Å². The summed E-state index contributed by atoms with van der Waals surface area (Å²) >= 11 is 0. The quantitative estimate of drug-likeness (QED) is 0.350. The molecular weight excluding hydrogens is 266 g/mol. The Balaban J connectivity index is 3.12. The summed E-state index contributed by atoms with van der Waals surface area (Å²) < 4.78 is 9.64. The molecule has 0 heterocycles. The van der Waals surface area contributed by atoms with Gasteiger partial charge in [-0.15, -0.1) is 0 Å². The fourth-order valence-corrected chi connectivity index (χ4v) is 1.64. The fraction of sp³-hybridized carbons (Fsp3) is 0.417. The smallest absolute Gasteiger partial charge is 0.337 e. The minimum atomic E-state index is -1.36. The van der Waals surface area contributed by atoms with Gasteiger partial charge in [-0.3, -0.25) is 0 Å². The molecule has 1 aromatic rings. The number of carbonyl (C=O) groups excluding carboxylic acids is 1. The third-order valence-electron chi connectivity index (χ3n) is 2.67. The number of rotatable bonds is 6. The lowest BCUT2D eigenvalue weighted by Crippen LogP contribution is -2.22. The first-order valence-electron chi connectivity index (χ1n) is 5.68. The second-order valence-electron chi connectivity index (χ2n) is 3.87. The molecule has 1 aromatic carbocycles. The van der Waals surface area contributed by atoms with Crippen LogP contribution < -0.4 is 4.74 Å². The van der Waals surface area contributed by atoms with Crippen molar-refractivity contribution < 1.29 is 24.5 Å². The molecule has 2 unspecified atom stereocenters. The van der Waals surface area contributed by atoms with Gasteiger partial charge in [0, 0.05) is 10.5 Å². The van der Waals surface area contributed by atoms with Crippen molar-refractivity contribution in [2.24, 2.45) is 5.11 Å². The van der Waals surface area contributed by atoms with Gasteiger partial charge in [-0.2, -0.15) is 0 Å². The number of methoxy groups -OCH3 is 2. The number of nitrogens with zero attached hydrogens (tertiary/aromatic N) is 3. The maximum Gasteiger partial charge on any atom is 0.337 e. The van der Waals surface area contributed by atoms with E-state index in [2.05, 4.69) is 14.8 Å². The number of hydrogen-bond donors (Lipinski definition) is 2. The topological polar surface area (TPSA) is 125 Å². The van der Waals surface area contributed by atoms with Crippen molar-refractivity contribution >= 4 is 5.97 Å². The van der Waals surface area contributed by atoms with Crippen molar-refractivity contribution in [3.63, 3.8) is 0 Å². The first kappa shape index (κ1) is 15.8. The highest BCUT2D eigenvalue weighted by Gasteiger charge is 2.23. The van der Waals surface area contributed by atoms with Gasteiger partial charge in [0.15, 0.2) is 0 Å². The molecule has 0 saturated carbocycles. The summed E-state index contributed by atoms with van der Waals surface area (Å²) in [7, 11) is 2.63. The molecule has 0 aliphatic carbocycles. The van der Waals surface area contributed by atoms with E-state index in [9.17, 15) is 15.0 Å². The second kappa shape index (κ2) is 7.34. The molecule has 0 radical (unpaired) electrons. The maximum atomic E-state index is 11.5. The third-order valence-corrected chi connectivity index (χ3v) is 2.67. The number of benzene rings is 1. The molecule has 2 N–H and O–H groups in total. The molecule has 0 saturated heterocycles. The highest BCUT2D eigenvalue weighted by atomic mass is 16.5. The molecule has 0 aliphatic heterocycles. The van der Waals surface area contributed by atoms with Crippen molar-refractivity contribution in [2.45, 2.75) is 12.2 Å². The Hall–Kier alpha value is -2.28. The monoisotopic (exact) mass is 281 g/mol. The van der Waals surface area contributed by atoms with Crippen LogP contribution in [0.25, 0.3) is 10.4 Å². The lowest BCUT2D eigenvalue weighted by molar-refractivity contribution is 0.0229. The molecule has 0 aliphatic rings. The summed E-state index contributed by atoms with van der Waals surface area (Å²) in [5.41, 5.74) is 8.61. The Labute approximate surface area is 115 Å². The number of aliphatic hydroxyl groups excluding tert-OH is 2. The van der Waals surface area contributed by atoms with Crippen LogP contribution in [-0.4, -0.2) is 43.1 Å². The summed E-state index contributed by atoms with van der Waals surface area (Å²) in [6, 6.07) is 4.31. The fourth-order valence-electron chi connectivity index (χ4n) is 1.64. The van der Waals surface area contributed by atoms with Gasteiger partial charge in [0.1, 0.15) is 11.9 Å². The zero-order valence-electron chi connectivity index (χ0n) is 11.1. The van der Waals surface area contributed by atoms with Crippen molar-refractivity contribution in [1.29, 1.82) is 0 Å². The molecule has 20 heavy (non-hydrogen) atoms. The molecule has 0 fully saturated rings. The van der Waals surface area contributed by atoms with E-state index in [0.717, 1.165) is 0 Å². The molecule has 8 heteroatoms. The molecule has 0 spiro atoms. The summed E-state index contributed by atoms with van der Waals surface area (Å²) in [6.07, 6.45) is -2.67. The summed E-state index contributed by atoms with van der Waals surface area (Å²) in [5, 5.41) is 22.9. The van der Waals surface area contributed by atoms with Crippen LogP contribution in [0.1, 0.15) is 22.0 Å². The van der Waals surface area contributed by atoms with Crippen LogP contribution >= 0.6 is 0 Å². The van der Waals surface area contributed by atoms with Crippen LogP contribution in [0.3, 0.4) is 0 Å². The van der Waals surface area contributed by atoms with Gasteiger partial charge in [0.25, 0.3) is 0 Å². The van der Waals surface area contributed by atoms with E-state index in [0.29, 0.717) is 5.75 Å². The number of azide groups is 1. The maximum absolute atomic E-state index is 11.5. The summed E-state index contributed by atoms with van der Waals surface area (Å²) in [5.74, 6) is -0.282. The van der Waals surface area contributed by atoms with Gasteiger partial charge in [-0.05, 0) is 23.7 Å². The predicted octanol–water partition coefficient (Wildman–Crippen LogP) is 1.19. The van der Waals surface area contributed by atoms with Crippen LogP contribution in [0.5, 0.6) is 5.75 Å². The zero-order valence-corrected chi connectivity index (χ0v) is 11.1. The normalized spacial score (nSPS) is 13.0. The number of hydrogen-bond acceptors (Lipinski definition) is 6. The van der Waals surface area contributed by atoms with Crippen molar-refractivity contribution in [1.82, 2.24) is 0 Å². The molecular formula is C12H15N3O5. The first-order chi connectivity index (χ1) is 9.54. The largest absolute Gasteiger partial charge is 0.496 e. The lowest BCUT2D eigenvalue weighted by Gasteiger charge is -2.19. The highest BCUT2D eigenvalue weighted by Crippen LogP contribution is 2.29. The van der Waals surface area contributed by atoms with E-state index >= 15 is 0 Å².